The van der Waals surface area contributed by atoms with Crippen molar-refractivity contribution < 1.29 is 19.4 Å². The van der Waals surface area contributed by atoms with Gasteiger partial charge < -0.3 is 9.84 Å². The molecule has 1 saturated heterocycles. The Morgan fingerprint density at radius 3 is 2.58 bits per heavy atom. The van der Waals surface area contributed by atoms with E-state index in [1.54, 1.807) is 20.8 Å². The van der Waals surface area contributed by atoms with Gasteiger partial charge in [0.15, 0.2) is 11.6 Å². The van der Waals surface area contributed by atoms with Crippen LogP contribution in [0.5, 0.6) is 0 Å². The molecule has 1 N–H and O–H groups in total. The number of ketones is 2. The number of rotatable bonds is 1. The largest absolute Gasteiger partial charge is 0.388 e. The molecule has 3 atom stereocenters. The molecule has 0 aromatic rings. The van der Waals surface area contributed by atoms with E-state index in [1.807, 2.05) is 6.92 Å². The zero-order valence-electron chi connectivity index (χ0n) is 12.0. The molecule has 0 aromatic carbocycles. The summed E-state index contributed by atoms with van der Waals surface area (Å²) in [5.41, 5.74) is -1.58. The quantitative estimate of drug-likeness (QED) is 0.786. The molecular formula is C15H22O4. The first-order valence-electron chi connectivity index (χ1n) is 6.83. The minimum absolute atomic E-state index is 0.00750. The highest BCUT2D eigenvalue weighted by Gasteiger charge is 2.53. The number of allylic oxidation sites excluding steroid dienone is 1. The highest BCUT2D eigenvalue weighted by Crippen LogP contribution is 2.42. The van der Waals surface area contributed by atoms with Crippen LogP contribution in [0.25, 0.3) is 0 Å². The molecule has 1 aliphatic heterocycles. The van der Waals surface area contributed by atoms with Crippen molar-refractivity contribution in [2.24, 2.45) is 5.92 Å². The molecule has 1 heterocycles. The maximum atomic E-state index is 12.4. The SMILES string of the molecule is CC1=CC(=O)[C@]2(CC1=O)O[C@H](C(C)(C)O)CC[C@H]2C. The fourth-order valence-corrected chi connectivity index (χ4v) is 2.94. The highest BCUT2D eigenvalue weighted by molar-refractivity contribution is 6.12. The van der Waals surface area contributed by atoms with Crippen molar-refractivity contribution in [1.29, 1.82) is 0 Å². The van der Waals surface area contributed by atoms with Crippen LogP contribution in [-0.2, 0) is 14.3 Å². The molecule has 0 bridgehead atoms. The second-order valence-corrected chi connectivity index (χ2v) is 6.42. The summed E-state index contributed by atoms with van der Waals surface area (Å²) in [6.45, 7) is 6.96. The van der Waals surface area contributed by atoms with Crippen molar-refractivity contribution in [2.45, 2.75) is 64.3 Å². The predicted molar refractivity (Wildman–Crippen MR) is 70.7 cm³/mol. The molecule has 19 heavy (non-hydrogen) atoms. The van der Waals surface area contributed by atoms with Crippen LogP contribution < -0.4 is 0 Å². The van der Waals surface area contributed by atoms with Crippen molar-refractivity contribution >= 4 is 11.6 Å². The predicted octanol–water partition coefficient (Wildman–Crippen LogP) is 1.80. The number of hydrogen-bond donors (Lipinski definition) is 1. The third-order valence-electron chi connectivity index (χ3n) is 4.43. The van der Waals surface area contributed by atoms with Gasteiger partial charge in [-0.25, -0.2) is 0 Å². The summed E-state index contributed by atoms with van der Waals surface area (Å²) >= 11 is 0. The lowest BCUT2D eigenvalue weighted by Crippen LogP contribution is -2.58. The molecule has 4 heteroatoms. The Hall–Kier alpha value is -1.00. The van der Waals surface area contributed by atoms with Crippen molar-refractivity contribution in [2.75, 3.05) is 0 Å². The summed E-state index contributed by atoms with van der Waals surface area (Å²) in [6.07, 6.45) is 2.57. The maximum Gasteiger partial charge on any atom is 0.188 e. The molecule has 1 spiro atoms. The van der Waals surface area contributed by atoms with Gasteiger partial charge in [-0.05, 0) is 51.2 Å². The molecular weight excluding hydrogens is 244 g/mol. The first kappa shape index (κ1) is 14.4. The van der Waals surface area contributed by atoms with Crippen LogP contribution >= 0.6 is 0 Å². The van der Waals surface area contributed by atoms with Gasteiger partial charge in [-0.3, -0.25) is 9.59 Å². The summed E-state index contributed by atoms with van der Waals surface area (Å²) in [5.74, 6) is -0.180. The van der Waals surface area contributed by atoms with Gasteiger partial charge in [0.1, 0.15) is 5.60 Å². The molecule has 0 amide bonds. The lowest BCUT2D eigenvalue weighted by Gasteiger charge is -2.48. The summed E-state index contributed by atoms with van der Waals surface area (Å²) in [4.78, 5) is 24.3. The zero-order chi connectivity index (χ0) is 14.4. The molecule has 1 fully saturated rings. The Morgan fingerprint density at radius 2 is 2.00 bits per heavy atom. The molecule has 0 saturated carbocycles. The van der Waals surface area contributed by atoms with E-state index < -0.39 is 17.3 Å². The lowest BCUT2D eigenvalue weighted by molar-refractivity contribution is -0.209. The fraction of sp³-hybridized carbons (Fsp3) is 0.733. The number of aliphatic hydroxyl groups is 1. The molecule has 0 aromatic heterocycles. The highest BCUT2D eigenvalue weighted by atomic mass is 16.5. The summed E-state index contributed by atoms with van der Waals surface area (Å²) in [6, 6.07) is 0. The second kappa shape index (κ2) is 4.53. The third kappa shape index (κ3) is 2.39. The molecule has 1 aliphatic carbocycles. The van der Waals surface area contributed by atoms with Gasteiger partial charge in [0.05, 0.1) is 11.7 Å². The smallest absolute Gasteiger partial charge is 0.188 e. The number of hydrogen-bond acceptors (Lipinski definition) is 4. The van der Waals surface area contributed by atoms with E-state index in [-0.39, 0.29) is 23.9 Å². The molecule has 4 nitrogen and oxygen atoms in total. The molecule has 0 unspecified atom stereocenters. The first-order valence-corrected chi connectivity index (χ1v) is 6.83. The number of carbonyl (C=O) groups excluding carboxylic acids is 2. The number of ether oxygens (including phenoxy) is 1. The van der Waals surface area contributed by atoms with Crippen LogP contribution in [0.15, 0.2) is 11.6 Å². The first-order chi connectivity index (χ1) is 8.67. The van der Waals surface area contributed by atoms with Gasteiger partial charge in [0.25, 0.3) is 0 Å². The minimum Gasteiger partial charge on any atom is -0.388 e. The van der Waals surface area contributed by atoms with Crippen LogP contribution in [0.1, 0.15) is 47.0 Å². The molecule has 0 radical (unpaired) electrons. The van der Waals surface area contributed by atoms with Crippen LogP contribution in [0.4, 0.5) is 0 Å². The summed E-state index contributed by atoms with van der Waals surface area (Å²) in [5, 5.41) is 10.1. The average molecular weight is 266 g/mol. The van der Waals surface area contributed by atoms with Crippen LogP contribution in [-0.4, -0.2) is 34.0 Å². The Morgan fingerprint density at radius 1 is 1.37 bits per heavy atom. The Bertz CT molecular complexity index is 444. The van der Waals surface area contributed by atoms with Crippen molar-refractivity contribution in [3.05, 3.63) is 11.6 Å². The van der Waals surface area contributed by atoms with Gasteiger partial charge in [-0.15, -0.1) is 0 Å². The number of Topliss-reactive ketones (excluding diaryl/α,β-unsaturated/α-hetero) is 1. The zero-order valence-corrected chi connectivity index (χ0v) is 12.0. The van der Waals surface area contributed by atoms with Gasteiger partial charge in [0.2, 0.25) is 0 Å². The van der Waals surface area contributed by atoms with E-state index in [9.17, 15) is 14.7 Å². The van der Waals surface area contributed by atoms with Crippen molar-refractivity contribution in [3.63, 3.8) is 0 Å². The standard InChI is InChI=1S/C15H22O4/c1-9-7-12(17)15(8-11(9)16)10(2)5-6-13(19-15)14(3,4)18/h7,10,13,18H,5-6,8H2,1-4H3/t10-,13+,15-/m1/s1. The Labute approximate surface area is 113 Å². The fourth-order valence-electron chi connectivity index (χ4n) is 2.94. The van der Waals surface area contributed by atoms with Crippen LogP contribution in [0, 0.1) is 5.92 Å². The minimum atomic E-state index is -1.07. The third-order valence-corrected chi connectivity index (χ3v) is 4.43. The van der Waals surface area contributed by atoms with Crippen LogP contribution in [0.2, 0.25) is 0 Å². The van der Waals surface area contributed by atoms with E-state index >= 15 is 0 Å². The molecule has 2 aliphatic rings. The van der Waals surface area contributed by atoms with E-state index in [0.717, 1.165) is 6.42 Å². The second-order valence-electron chi connectivity index (χ2n) is 6.42. The maximum absolute atomic E-state index is 12.4. The topological polar surface area (TPSA) is 63.6 Å². The number of carbonyl (C=O) groups is 2. The van der Waals surface area contributed by atoms with Gasteiger partial charge in [-0.2, -0.15) is 0 Å². The monoisotopic (exact) mass is 266 g/mol. The summed E-state index contributed by atoms with van der Waals surface area (Å²) in [7, 11) is 0. The lowest BCUT2D eigenvalue weighted by atomic mass is 9.71. The summed E-state index contributed by atoms with van der Waals surface area (Å²) < 4.78 is 5.96. The van der Waals surface area contributed by atoms with Crippen molar-refractivity contribution in [1.82, 2.24) is 0 Å². The molecule has 2 rings (SSSR count). The van der Waals surface area contributed by atoms with Gasteiger partial charge in [0, 0.05) is 6.42 Å². The van der Waals surface area contributed by atoms with E-state index in [0.29, 0.717) is 12.0 Å². The average Bonchev–Trinajstić information content (AvgIpc) is 2.28. The van der Waals surface area contributed by atoms with E-state index in [4.69, 9.17) is 4.74 Å². The Kier molecular flexibility index (Phi) is 3.43. The van der Waals surface area contributed by atoms with E-state index in [2.05, 4.69) is 0 Å². The van der Waals surface area contributed by atoms with Crippen molar-refractivity contribution in [3.8, 4) is 0 Å². The Balaban J connectivity index is 2.35. The molecule has 106 valence electrons. The van der Waals surface area contributed by atoms with E-state index in [1.165, 1.54) is 6.08 Å². The van der Waals surface area contributed by atoms with Gasteiger partial charge >= 0.3 is 0 Å². The van der Waals surface area contributed by atoms with Gasteiger partial charge in [-0.1, -0.05) is 6.92 Å². The normalized spacial score (nSPS) is 36.6. The van der Waals surface area contributed by atoms with Crippen LogP contribution in [0.3, 0.4) is 0 Å².